The lowest BCUT2D eigenvalue weighted by molar-refractivity contribution is -0.597. The fourth-order valence-electron chi connectivity index (χ4n) is 1.45. The van der Waals surface area contributed by atoms with Gasteiger partial charge in [-0.2, -0.15) is 0 Å². The van der Waals surface area contributed by atoms with Gasteiger partial charge in [0.05, 0.1) is 13.2 Å². The predicted molar refractivity (Wildman–Crippen MR) is 60.5 cm³/mol. The molecule has 2 aliphatic rings. The van der Waals surface area contributed by atoms with Crippen LogP contribution in [0, 0.1) is 10.1 Å². The Balaban J connectivity index is 1.93. The molecule has 0 aromatic rings. The number of hydrogen-bond donors (Lipinski definition) is 0. The fraction of sp³-hybridized carbons (Fsp3) is 1.00. The molecule has 9 heteroatoms. The largest absolute Gasteiger partial charge is 0.343 e. The second kappa shape index (κ2) is 5.32. The van der Waals surface area contributed by atoms with Gasteiger partial charge in [0.15, 0.2) is 5.79 Å². The standard InChI is InChI=1S/C9H16NO7P/c1-8(2)13-5-9(6-14-8,10(11)12)7-17-18-15-3-4-16-18/h3-7H2,1-2H3. The molecule has 104 valence electrons. The van der Waals surface area contributed by atoms with E-state index in [2.05, 4.69) is 0 Å². The maximum absolute atomic E-state index is 11.2. The molecule has 2 saturated heterocycles. The predicted octanol–water partition coefficient (Wildman–Crippen LogP) is 1.08. The topological polar surface area (TPSA) is 89.3 Å². The molecule has 0 spiro atoms. The molecule has 2 heterocycles. The van der Waals surface area contributed by atoms with Crippen LogP contribution in [0.15, 0.2) is 0 Å². The van der Waals surface area contributed by atoms with Crippen molar-refractivity contribution in [1.82, 2.24) is 0 Å². The second-order valence-corrected chi connectivity index (χ2v) is 5.84. The summed E-state index contributed by atoms with van der Waals surface area (Å²) >= 11 is 0. The molecule has 0 aliphatic carbocycles. The van der Waals surface area contributed by atoms with E-state index in [0.29, 0.717) is 13.2 Å². The first-order chi connectivity index (χ1) is 8.44. The van der Waals surface area contributed by atoms with Crippen LogP contribution in [0.25, 0.3) is 0 Å². The first kappa shape index (κ1) is 14.0. The van der Waals surface area contributed by atoms with Crippen LogP contribution in [-0.2, 0) is 23.0 Å². The summed E-state index contributed by atoms with van der Waals surface area (Å²) in [6, 6.07) is 0. The van der Waals surface area contributed by atoms with Crippen molar-refractivity contribution in [2.24, 2.45) is 0 Å². The highest BCUT2D eigenvalue weighted by Crippen LogP contribution is 2.44. The molecule has 0 unspecified atom stereocenters. The van der Waals surface area contributed by atoms with E-state index in [1.54, 1.807) is 13.8 Å². The van der Waals surface area contributed by atoms with Crippen molar-refractivity contribution in [2.75, 3.05) is 33.0 Å². The average molecular weight is 281 g/mol. The monoisotopic (exact) mass is 281 g/mol. The number of rotatable bonds is 4. The molecular weight excluding hydrogens is 265 g/mol. The summed E-state index contributed by atoms with van der Waals surface area (Å²) in [6.07, 6.45) is 0. The van der Waals surface area contributed by atoms with Crippen molar-refractivity contribution in [3.05, 3.63) is 10.1 Å². The third kappa shape index (κ3) is 3.14. The molecule has 2 rings (SSSR count). The lowest BCUT2D eigenvalue weighted by Gasteiger charge is -2.37. The lowest BCUT2D eigenvalue weighted by atomic mass is 10.0. The van der Waals surface area contributed by atoms with E-state index in [1.165, 1.54) is 0 Å². The van der Waals surface area contributed by atoms with Gasteiger partial charge in [-0.1, -0.05) is 0 Å². The van der Waals surface area contributed by atoms with Crippen LogP contribution < -0.4 is 0 Å². The zero-order valence-electron chi connectivity index (χ0n) is 10.3. The molecular formula is C9H16NO7P. The lowest BCUT2D eigenvalue weighted by Crippen LogP contribution is -2.58. The van der Waals surface area contributed by atoms with Crippen LogP contribution in [0.4, 0.5) is 0 Å². The summed E-state index contributed by atoms with van der Waals surface area (Å²) < 4.78 is 26.2. The Hall–Kier alpha value is -0.370. The van der Waals surface area contributed by atoms with Crippen LogP contribution in [0.2, 0.25) is 0 Å². The second-order valence-electron chi connectivity index (χ2n) is 4.62. The van der Waals surface area contributed by atoms with Crippen LogP contribution in [0.5, 0.6) is 0 Å². The van der Waals surface area contributed by atoms with E-state index in [4.69, 9.17) is 23.0 Å². The molecule has 0 saturated carbocycles. The highest BCUT2D eigenvalue weighted by atomic mass is 31.2. The van der Waals surface area contributed by atoms with Crippen molar-refractivity contribution in [3.8, 4) is 0 Å². The highest BCUT2D eigenvalue weighted by molar-refractivity contribution is 7.41. The van der Waals surface area contributed by atoms with Gasteiger partial charge >= 0.3 is 8.60 Å². The molecule has 8 nitrogen and oxygen atoms in total. The van der Waals surface area contributed by atoms with E-state index in [-0.39, 0.29) is 19.8 Å². The van der Waals surface area contributed by atoms with Gasteiger partial charge in [0.25, 0.3) is 5.54 Å². The number of nitro groups is 1. The molecule has 0 atom stereocenters. The van der Waals surface area contributed by atoms with Crippen LogP contribution >= 0.6 is 8.60 Å². The van der Waals surface area contributed by atoms with Crippen molar-refractivity contribution in [3.63, 3.8) is 0 Å². The van der Waals surface area contributed by atoms with E-state index >= 15 is 0 Å². The van der Waals surface area contributed by atoms with Gasteiger partial charge in [-0.05, 0) is 13.8 Å². The Morgan fingerprint density at radius 1 is 1.28 bits per heavy atom. The van der Waals surface area contributed by atoms with Crippen molar-refractivity contribution in [1.29, 1.82) is 0 Å². The normalized spacial score (nSPS) is 27.2. The number of hydrogen-bond acceptors (Lipinski definition) is 7. The summed E-state index contributed by atoms with van der Waals surface area (Å²) in [5, 5.41) is 11.2. The van der Waals surface area contributed by atoms with Crippen LogP contribution in [-0.4, -0.2) is 49.3 Å². The highest BCUT2D eigenvalue weighted by Gasteiger charge is 2.51. The smallest absolute Gasteiger partial charge is 0.333 e. The van der Waals surface area contributed by atoms with E-state index < -0.39 is 24.9 Å². The van der Waals surface area contributed by atoms with Gasteiger partial charge in [-0.25, -0.2) is 0 Å². The van der Waals surface area contributed by atoms with Gasteiger partial charge in [0.1, 0.15) is 19.8 Å². The summed E-state index contributed by atoms with van der Waals surface area (Å²) in [7, 11) is -1.47. The molecule has 0 amide bonds. The molecule has 0 radical (unpaired) electrons. The van der Waals surface area contributed by atoms with Crippen LogP contribution in [0.1, 0.15) is 13.8 Å². The summed E-state index contributed by atoms with van der Waals surface area (Å²) in [6.45, 7) is 4.07. The quantitative estimate of drug-likeness (QED) is 0.432. The number of nitrogens with zero attached hydrogens (tertiary/aromatic N) is 1. The molecule has 0 bridgehead atoms. The summed E-state index contributed by atoms with van der Waals surface area (Å²) in [5.41, 5.74) is -1.40. The van der Waals surface area contributed by atoms with Crippen LogP contribution in [0.3, 0.4) is 0 Å². The first-order valence-electron chi connectivity index (χ1n) is 5.55. The minimum Gasteiger partial charge on any atom is -0.343 e. The maximum Gasteiger partial charge on any atom is 0.333 e. The van der Waals surface area contributed by atoms with Gasteiger partial charge < -0.3 is 23.0 Å². The van der Waals surface area contributed by atoms with Crippen molar-refractivity contribution >= 4 is 8.60 Å². The Bertz CT molecular complexity index is 308. The Morgan fingerprint density at radius 3 is 2.33 bits per heavy atom. The van der Waals surface area contributed by atoms with Gasteiger partial charge in [0.2, 0.25) is 0 Å². The Morgan fingerprint density at radius 2 is 1.83 bits per heavy atom. The fourth-order valence-corrected chi connectivity index (χ4v) is 2.47. The zero-order valence-corrected chi connectivity index (χ0v) is 11.2. The zero-order chi connectivity index (χ0) is 13.2. The molecule has 2 aliphatic heterocycles. The minimum atomic E-state index is -1.47. The van der Waals surface area contributed by atoms with E-state index in [9.17, 15) is 10.1 Å². The third-order valence-corrected chi connectivity index (χ3v) is 3.81. The maximum atomic E-state index is 11.2. The van der Waals surface area contributed by atoms with E-state index in [0.717, 1.165) is 0 Å². The number of ether oxygens (including phenoxy) is 2. The molecule has 0 aromatic heterocycles. The summed E-state index contributed by atoms with van der Waals surface area (Å²) in [4.78, 5) is 10.8. The average Bonchev–Trinajstić information content (AvgIpc) is 2.81. The summed E-state index contributed by atoms with van der Waals surface area (Å²) in [5.74, 6) is -0.800. The van der Waals surface area contributed by atoms with Gasteiger partial charge in [-0.3, -0.25) is 10.1 Å². The third-order valence-electron chi connectivity index (χ3n) is 2.68. The molecule has 0 aromatic carbocycles. The van der Waals surface area contributed by atoms with Crippen molar-refractivity contribution < 1.29 is 28.0 Å². The van der Waals surface area contributed by atoms with E-state index in [1.807, 2.05) is 0 Å². The molecule has 18 heavy (non-hydrogen) atoms. The molecule has 2 fully saturated rings. The first-order valence-corrected chi connectivity index (χ1v) is 6.64. The minimum absolute atomic E-state index is 0.0594. The van der Waals surface area contributed by atoms with Crippen molar-refractivity contribution in [2.45, 2.75) is 25.2 Å². The Kier molecular flexibility index (Phi) is 4.15. The van der Waals surface area contributed by atoms with Gasteiger partial charge in [-0.15, -0.1) is 0 Å². The molecule has 0 N–H and O–H groups in total. The SMILES string of the molecule is CC1(C)OCC(COP2OCCO2)([N+](=O)[O-])CO1. The van der Waals surface area contributed by atoms with Gasteiger partial charge in [0, 0.05) is 4.92 Å². The Labute approximate surface area is 106 Å².